The number of halogens is 1. The second kappa shape index (κ2) is 5.99. The van der Waals surface area contributed by atoms with E-state index in [1.807, 2.05) is 7.05 Å². The molecule has 0 saturated heterocycles. The lowest BCUT2D eigenvalue weighted by Gasteiger charge is -2.18. The van der Waals surface area contributed by atoms with Crippen LogP contribution in [-0.2, 0) is 0 Å². The van der Waals surface area contributed by atoms with E-state index in [-0.39, 0.29) is 0 Å². The van der Waals surface area contributed by atoms with E-state index in [9.17, 15) is 0 Å². The molecule has 62 valence electrons. The molecule has 0 aromatic carbocycles. The molecule has 1 N–H and O–H groups in total. The van der Waals surface area contributed by atoms with E-state index in [1.165, 1.54) is 6.42 Å². The predicted octanol–water partition coefficient (Wildman–Crippen LogP) is 2.25. The van der Waals surface area contributed by atoms with Crippen molar-refractivity contribution in [1.82, 2.24) is 5.32 Å². The van der Waals surface area contributed by atoms with Crippen molar-refractivity contribution in [3.8, 4) is 0 Å². The first-order valence-electron chi connectivity index (χ1n) is 3.95. The highest BCUT2D eigenvalue weighted by Gasteiger charge is 2.07. The Morgan fingerprint density at radius 2 is 2.00 bits per heavy atom. The minimum Gasteiger partial charge on any atom is -0.317 e. The van der Waals surface area contributed by atoms with Crippen LogP contribution in [0.1, 0.15) is 26.7 Å². The van der Waals surface area contributed by atoms with Crippen LogP contribution in [0.3, 0.4) is 0 Å². The van der Waals surface area contributed by atoms with Crippen LogP contribution in [0, 0.1) is 5.92 Å². The molecule has 0 aromatic heterocycles. The van der Waals surface area contributed by atoms with Crippen molar-refractivity contribution in [3.05, 3.63) is 0 Å². The summed E-state index contributed by atoms with van der Waals surface area (Å²) in [6.07, 6.45) is 2.36. The van der Waals surface area contributed by atoms with E-state index in [1.54, 1.807) is 0 Å². The lowest BCUT2D eigenvalue weighted by molar-refractivity contribution is 0.398. The third kappa shape index (κ3) is 4.13. The summed E-state index contributed by atoms with van der Waals surface area (Å²) in [7, 11) is 2.00. The first kappa shape index (κ1) is 10.2. The van der Waals surface area contributed by atoms with Crippen LogP contribution in [0.2, 0.25) is 0 Å². The summed E-state index contributed by atoms with van der Waals surface area (Å²) in [5.74, 6) is 1.53. The highest BCUT2D eigenvalue weighted by atomic mass is 35.5. The van der Waals surface area contributed by atoms with Gasteiger partial charge >= 0.3 is 0 Å². The SMILES string of the molecule is CNC(C)C(C)CCCCl. The molecule has 0 rings (SSSR count). The maximum atomic E-state index is 5.57. The van der Waals surface area contributed by atoms with E-state index in [4.69, 9.17) is 11.6 Å². The van der Waals surface area contributed by atoms with Gasteiger partial charge in [-0.25, -0.2) is 0 Å². The summed E-state index contributed by atoms with van der Waals surface area (Å²) < 4.78 is 0. The lowest BCUT2D eigenvalue weighted by Crippen LogP contribution is -2.28. The molecule has 10 heavy (non-hydrogen) atoms. The van der Waals surface area contributed by atoms with Gasteiger partial charge in [0.2, 0.25) is 0 Å². The molecule has 0 aromatic rings. The fraction of sp³-hybridized carbons (Fsp3) is 1.00. The molecular formula is C8H18ClN. The zero-order valence-corrected chi connectivity index (χ0v) is 7.91. The predicted molar refractivity (Wildman–Crippen MR) is 47.6 cm³/mol. The number of nitrogens with one attached hydrogen (secondary N) is 1. The Balaban J connectivity index is 3.31. The average Bonchev–Trinajstić information content (AvgIpc) is 1.98. The first-order chi connectivity index (χ1) is 4.72. The summed E-state index contributed by atoms with van der Waals surface area (Å²) in [4.78, 5) is 0. The summed E-state index contributed by atoms with van der Waals surface area (Å²) in [5.41, 5.74) is 0. The molecule has 0 aliphatic rings. The van der Waals surface area contributed by atoms with Gasteiger partial charge in [-0.1, -0.05) is 6.92 Å². The Morgan fingerprint density at radius 1 is 1.40 bits per heavy atom. The van der Waals surface area contributed by atoms with Gasteiger partial charge in [-0.05, 0) is 32.7 Å². The van der Waals surface area contributed by atoms with Crippen LogP contribution in [0.4, 0.5) is 0 Å². The van der Waals surface area contributed by atoms with Crippen LogP contribution in [0.5, 0.6) is 0 Å². The van der Waals surface area contributed by atoms with Crippen molar-refractivity contribution in [2.75, 3.05) is 12.9 Å². The number of hydrogen-bond acceptors (Lipinski definition) is 1. The Bertz CT molecular complexity index is 75.7. The van der Waals surface area contributed by atoms with Gasteiger partial charge in [0.15, 0.2) is 0 Å². The van der Waals surface area contributed by atoms with Gasteiger partial charge in [0, 0.05) is 11.9 Å². The standard InChI is InChI=1S/C8H18ClN/c1-7(5-4-6-9)8(2)10-3/h7-8,10H,4-6H2,1-3H3. The molecule has 0 aliphatic heterocycles. The molecule has 0 radical (unpaired) electrons. The van der Waals surface area contributed by atoms with Gasteiger partial charge in [0.25, 0.3) is 0 Å². The third-order valence-corrected chi connectivity index (χ3v) is 2.37. The third-order valence-electron chi connectivity index (χ3n) is 2.10. The Morgan fingerprint density at radius 3 is 2.40 bits per heavy atom. The monoisotopic (exact) mass is 163 g/mol. The number of alkyl halides is 1. The van der Waals surface area contributed by atoms with Gasteiger partial charge in [0.1, 0.15) is 0 Å². The quantitative estimate of drug-likeness (QED) is 0.614. The fourth-order valence-corrected chi connectivity index (χ4v) is 1.09. The summed E-state index contributed by atoms with van der Waals surface area (Å²) in [5, 5.41) is 3.23. The van der Waals surface area contributed by atoms with Crippen LogP contribution in [0.15, 0.2) is 0 Å². The molecular weight excluding hydrogens is 146 g/mol. The van der Waals surface area contributed by atoms with Crippen molar-refractivity contribution in [3.63, 3.8) is 0 Å². The minimum absolute atomic E-state index is 0.614. The smallest absolute Gasteiger partial charge is 0.0223 e. The zero-order valence-electron chi connectivity index (χ0n) is 7.15. The molecule has 2 unspecified atom stereocenters. The van der Waals surface area contributed by atoms with Crippen LogP contribution < -0.4 is 5.32 Å². The van der Waals surface area contributed by atoms with Gasteiger partial charge in [-0.2, -0.15) is 0 Å². The molecule has 0 aliphatic carbocycles. The lowest BCUT2D eigenvalue weighted by atomic mass is 9.99. The molecule has 0 bridgehead atoms. The van der Waals surface area contributed by atoms with Crippen LogP contribution in [0.25, 0.3) is 0 Å². The molecule has 2 heteroatoms. The largest absolute Gasteiger partial charge is 0.317 e. The second-order valence-electron chi connectivity index (χ2n) is 2.89. The molecule has 0 heterocycles. The zero-order chi connectivity index (χ0) is 7.98. The normalized spacial score (nSPS) is 16.8. The van der Waals surface area contributed by atoms with E-state index < -0.39 is 0 Å². The van der Waals surface area contributed by atoms with E-state index in [0.717, 1.165) is 18.2 Å². The van der Waals surface area contributed by atoms with Gasteiger partial charge in [0.05, 0.1) is 0 Å². The molecule has 0 spiro atoms. The summed E-state index contributed by atoms with van der Waals surface area (Å²) >= 11 is 5.57. The minimum atomic E-state index is 0.614. The van der Waals surface area contributed by atoms with E-state index in [0.29, 0.717) is 6.04 Å². The highest BCUT2D eigenvalue weighted by Crippen LogP contribution is 2.10. The summed E-state index contributed by atoms with van der Waals surface area (Å²) in [6.45, 7) is 4.46. The molecule has 2 atom stereocenters. The van der Waals surface area contributed by atoms with Crippen molar-refractivity contribution < 1.29 is 0 Å². The molecule has 0 amide bonds. The maximum absolute atomic E-state index is 5.57. The number of hydrogen-bond donors (Lipinski definition) is 1. The highest BCUT2D eigenvalue weighted by molar-refractivity contribution is 6.17. The second-order valence-corrected chi connectivity index (χ2v) is 3.26. The van der Waals surface area contributed by atoms with Crippen LogP contribution >= 0.6 is 11.6 Å². The van der Waals surface area contributed by atoms with Crippen molar-refractivity contribution in [2.24, 2.45) is 5.92 Å². The number of rotatable bonds is 5. The maximum Gasteiger partial charge on any atom is 0.0223 e. The topological polar surface area (TPSA) is 12.0 Å². The Labute approximate surface area is 69.1 Å². The Kier molecular flexibility index (Phi) is 6.14. The van der Waals surface area contributed by atoms with Gasteiger partial charge in [-0.15, -0.1) is 11.6 Å². The van der Waals surface area contributed by atoms with Gasteiger partial charge < -0.3 is 5.32 Å². The van der Waals surface area contributed by atoms with Gasteiger partial charge in [-0.3, -0.25) is 0 Å². The van der Waals surface area contributed by atoms with Crippen molar-refractivity contribution in [2.45, 2.75) is 32.7 Å². The molecule has 0 fully saturated rings. The van der Waals surface area contributed by atoms with Crippen molar-refractivity contribution in [1.29, 1.82) is 0 Å². The van der Waals surface area contributed by atoms with E-state index in [2.05, 4.69) is 19.2 Å². The average molecular weight is 164 g/mol. The van der Waals surface area contributed by atoms with E-state index >= 15 is 0 Å². The van der Waals surface area contributed by atoms with Crippen LogP contribution in [-0.4, -0.2) is 19.0 Å². The van der Waals surface area contributed by atoms with Crippen molar-refractivity contribution >= 4 is 11.6 Å². The first-order valence-corrected chi connectivity index (χ1v) is 4.49. The Hall–Kier alpha value is 0.250. The summed E-state index contributed by atoms with van der Waals surface area (Å²) in [6, 6.07) is 0.614. The molecule has 0 saturated carbocycles. The molecule has 1 nitrogen and oxygen atoms in total. The fourth-order valence-electron chi connectivity index (χ4n) is 0.934.